The fourth-order valence-corrected chi connectivity index (χ4v) is 4.97. The lowest BCUT2D eigenvalue weighted by atomic mass is 10.0. The van der Waals surface area contributed by atoms with Crippen LogP contribution in [0.4, 0.5) is 0 Å². The molecule has 322 valence electrons. The third kappa shape index (κ3) is 22.8. The summed E-state index contributed by atoms with van der Waals surface area (Å²) in [6.45, 7) is 2.86. The summed E-state index contributed by atoms with van der Waals surface area (Å²) >= 11 is 0. The quantitative estimate of drug-likeness (QED) is 0.0190. The molecule has 0 fully saturated rings. The molecule has 0 rings (SSSR count). The van der Waals surface area contributed by atoms with E-state index in [0.29, 0.717) is 6.42 Å². The highest BCUT2D eigenvalue weighted by Gasteiger charge is 2.34. The number of carbonyl (C=O) groups is 10. The van der Waals surface area contributed by atoms with Crippen molar-refractivity contribution in [3.05, 3.63) is 0 Å². The average Bonchev–Trinajstić information content (AvgIpc) is 3.09. The first-order chi connectivity index (χ1) is 26.6. The van der Waals surface area contributed by atoms with Gasteiger partial charge in [0.25, 0.3) is 0 Å². The normalized spacial score (nSPS) is 13.9. The van der Waals surface area contributed by atoms with Crippen molar-refractivity contribution in [3.8, 4) is 0 Å². The summed E-state index contributed by atoms with van der Waals surface area (Å²) in [5.74, 6) is -12.3. The maximum absolute atomic E-state index is 13.6. The van der Waals surface area contributed by atoms with Gasteiger partial charge in [0.15, 0.2) is 5.96 Å². The summed E-state index contributed by atoms with van der Waals surface area (Å²) in [5.41, 5.74) is 27.0. The minimum Gasteiger partial charge on any atom is -0.481 e. The Bertz CT molecular complexity index is 1470. The second kappa shape index (κ2) is 26.7. The Morgan fingerprint density at radius 3 is 1.51 bits per heavy atom. The number of primary amides is 1. The summed E-state index contributed by atoms with van der Waals surface area (Å²) in [4.78, 5) is 129. The molecule has 0 radical (unpaired) electrons. The van der Waals surface area contributed by atoms with Gasteiger partial charge >= 0.3 is 17.9 Å². The number of amides is 7. The van der Waals surface area contributed by atoms with Crippen molar-refractivity contribution in [2.75, 3.05) is 19.6 Å². The first-order valence-corrected chi connectivity index (χ1v) is 17.8. The number of aliphatic carboxylic acids is 3. The van der Waals surface area contributed by atoms with Gasteiger partial charge in [-0.05, 0) is 51.0 Å². The van der Waals surface area contributed by atoms with Crippen LogP contribution in [0.25, 0.3) is 0 Å². The molecule has 0 spiro atoms. The molecule has 0 aromatic rings. The Balaban J connectivity index is 6.33. The van der Waals surface area contributed by atoms with E-state index in [2.05, 4.69) is 36.9 Å². The molecule has 6 atom stereocenters. The molecule has 25 nitrogen and oxygen atoms in total. The van der Waals surface area contributed by atoms with Crippen LogP contribution in [0.3, 0.4) is 0 Å². The molecular formula is C32H56N12O13. The molecular weight excluding hydrogens is 760 g/mol. The molecule has 19 N–H and O–H groups in total. The Kier molecular flexibility index (Phi) is 23.8. The number of hydrogen-bond acceptors (Lipinski definition) is 13. The first-order valence-electron chi connectivity index (χ1n) is 17.8. The zero-order chi connectivity index (χ0) is 43.8. The number of carboxylic acid groups (broad SMARTS) is 3. The van der Waals surface area contributed by atoms with Crippen LogP contribution in [0.2, 0.25) is 0 Å². The van der Waals surface area contributed by atoms with Crippen molar-refractivity contribution in [2.24, 2.45) is 39.6 Å². The summed E-state index contributed by atoms with van der Waals surface area (Å²) in [6.07, 6.45) is -2.11. The number of aliphatic imine (C=N–C) groups is 1. The third-order valence-corrected chi connectivity index (χ3v) is 7.69. The summed E-state index contributed by atoms with van der Waals surface area (Å²) in [5, 5.41) is 41.0. The Morgan fingerprint density at radius 1 is 0.561 bits per heavy atom. The van der Waals surface area contributed by atoms with Gasteiger partial charge in [-0.25, -0.2) is 0 Å². The SMILES string of the molecule is CC(C)C[C@H](NC(=O)[C@H](CC(N)=O)NC(=O)[C@H](CC(=O)O)NC(=O)[C@H](CCCCN)NC(=O)[C@@H](N)CC(=O)O)C(=O)N[C@@H](CCCN=C(N)N)C(=O)NCC(=O)O. The van der Waals surface area contributed by atoms with Gasteiger partial charge in [-0.2, -0.15) is 0 Å². The van der Waals surface area contributed by atoms with Crippen molar-refractivity contribution in [3.63, 3.8) is 0 Å². The molecule has 0 aliphatic rings. The van der Waals surface area contributed by atoms with Crippen molar-refractivity contribution in [1.29, 1.82) is 0 Å². The Morgan fingerprint density at radius 2 is 1.02 bits per heavy atom. The van der Waals surface area contributed by atoms with Gasteiger partial charge in [0.2, 0.25) is 41.4 Å². The number of nitrogens with zero attached hydrogens (tertiary/aromatic N) is 1. The molecule has 7 amide bonds. The molecule has 0 saturated heterocycles. The van der Waals surface area contributed by atoms with E-state index in [1.54, 1.807) is 13.8 Å². The second-order valence-corrected chi connectivity index (χ2v) is 13.3. The molecule has 0 heterocycles. The Labute approximate surface area is 327 Å². The van der Waals surface area contributed by atoms with Gasteiger partial charge < -0.3 is 75.9 Å². The van der Waals surface area contributed by atoms with Crippen LogP contribution in [0.5, 0.6) is 0 Å². The van der Waals surface area contributed by atoms with Crippen molar-refractivity contribution in [1.82, 2.24) is 31.9 Å². The third-order valence-electron chi connectivity index (χ3n) is 7.69. The van der Waals surface area contributed by atoms with Gasteiger partial charge in [0.1, 0.15) is 36.8 Å². The Hall–Kier alpha value is -6.11. The first kappa shape index (κ1) is 50.9. The van der Waals surface area contributed by atoms with Crippen LogP contribution in [0.15, 0.2) is 4.99 Å². The van der Waals surface area contributed by atoms with E-state index in [1.807, 2.05) is 0 Å². The lowest BCUT2D eigenvalue weighted by Gasteiger charge is -2.27. The van der Waals surface area contributed by atoms with E-state index in [0.717, 1.165) is 0 Å². The van der Waals surface area contributed by atoms with Gasteiger partial charge in [-0.15, -0.1) is 0 Å². The van der Waals surface area contributed by atoms with Gasteiger partial charge in [0, 0.05) is 6.54 Å². The van der Waals surface area contributed by atoms with Crippen molar-refractivity contribution >= 4 is 65.2 Å². The molecule has 0 unspecified atom stereocenters. The second-order valence-electron chi connectivity index (χ2n) is 13.3. The fraction of sp³-hybridized carbons (Fsp3) is 0.656. The highest BCUT2D eigenvalue weighted by molar-refractivity contribution is 5.99. The molecule has 0 aliphatic carbocycles. The van der Waals surface area contributed by atoms with Gasteiger partial charge in [-0.3, -0.25) is 52.9 Å². The molecule has 0 bridgehead atoms. The number of carboxylic acids is 3. The smallest absolute Gasteiger partial charge is 0.322 e. The lowest BCUT2D eigenvalue weighted by Crippen LogP contribution is -2.60. The molecule has 0 aromatic heterocycles. The van der Waals surface area contributed by atoms with Gasteiger partial charge in [-0.1, -0.05) is 13.8 Å². The van der Waals surface area contributed by atoms with E-state index in [9.17, 15) is 53.1 Å². The van der Waals surface area contributed by atoms with Crippen LogP contribution in [-0.2, 0) is 47.9 Å². The maximum atomic E-state index is 13.6. The van der Waals surface area contributed by atoms with E-state index in [1.165, 1.54) is 0 Å². The lowest BCUT2D eigenvalue weighted by molar-refractivity contribution is -0.142. The van der Waals surface area contributed by atoms with Crippen LogP contribution in [-0.4, -0.2) is 136 Å². The fourth-order valence-electron chi connectivity index (χ4n) is 4.97. The van der Waals surface area contributed by atoms with Crippen molar-refractivity contribution in [2.45, 2.75) is 108 Å². The monoisotopic (exact) mass is 816 g/mol. The maximum Gasteiger partial charge on any atom is 0.322 e. The standard InChI is InChI=1S/C32H56N12O13/c1-15(2)10-19(29(55)41-17(7-5-9-38-32(36)37)27(53)39-14-25(50)51)42-30(56)20(12-22(35)45)43-31(57)21(13-24(48)49)44-28(54)18(6-3-4-8-33)40-26(52)16(34)11-23(46)47/h15-21H,3-14,33-34H2,1-2H3,(H2,35,45)(H,39,53)(H,40,52)(H,41,55)(H,42,56)(H,43,57)(H,44,54)(H,46,47)(H,48,49)(H,50,51)(H4,36,37,38)/t16-,17-,18-,19-,20-,21-/m0/s1. The topological polar surface area (TPSA) is 446 Å². The average molecular weight is 817 g/mol. The van der Waals surface area contributed by atoms with Crippen LogP contribution in [0.1, 0.15) is 71.6 Å². The highest BCUT2D eigenvalue weighted by Crippen LogP contribution is 2.09. The number of carbonyl (C=O) groups excluding carboxylic acids is 7. The minimum absolute atomic E-state index is 0.0510. The van der Waals surface area contributed by atoms with Crippen LogP contribution >= 0.6 is 0 Å². The highest BCUT2D eigenvalue weighted by atomic mass is 16.4. The van der Waals surface area contributed by atoms with Crippen LogP contribution < -0.4 is 60.6 Å². The van der Waals surface area contributed by atoms with E-state index in [4.69, 9.17) is 38.9 Å². The number of nitrogens with one attached hydrogen (secondary N) is 6. The zero-order valence-corrected chi connectivity index (χ0v) is 31.8. The van der Waals surface area contributed by atoms with E-state index >= 15 is 0 Å². The molecule has 0 aliphatic heterocycles. The molecule has 0 aromatic carbocycles. The minimum atomic E-state index is -1.92. The number of nitrogens with two attached hydrogens (primary N) is 5. The molecule has 0 saturated carbocycles. The van der Waals surface area contributed by atoms with E-state index < -0.39 is 121 Å². The number of rotatable bonds is 29. The van der Waals surface area contributed by atoms with E-state index in [-0.39, 0.29) is 57.1 Å². The predicted octanol–water partition coefficient (Wildman–Crippen LogP) is -6.01. The summed E-state index contributed by atoms with van der Waals surface area (Å²) < 4.78 is 0. The largest absolute Gasteiger partial charge is 0.481 e. The molecule has 25 heteroatoms. The summed E-state index contributed by atoms with van der Waals surface area (Å²) in [6, 6.07) is -9.49. The predicted molar refractivity (Wildman–Crippen MR) is 199 cm³/mol. The summed E-state index contributed by atoms with van der Waals surface area (Å²) in [7, 11) is 0. The van der Waals surface area contributed by atoms with Crippen LogP contribution in [0, 0.1) is 5.92 Å². The number of guanidine groups is 1. The number of unbranched alkanes of at least 4 members (excludes halogenated alkanes) is 1. The van der Waals surface area contributed by atoms with Gasteiger partial charge in [0.05, 0.1) is 25.3 Å². The van der Waals surface area contributed by atoms with Crippen molar-refractivity contribution < 1.29 is 63.3 Å². The zero-order valence-electron chi connectivity index (χ0n) is 31.8. The molecule has 57 heavy (non-hydrogen) atoms. The number of hydrogen-bond donors (Lipinski definition) is 14.